The Labute approximate surface area is 126 Å². The zero-order valence-corrected chi connectivity index (χ0v) is 13.6. The second kappa shape index (κ2) is 5.79. The van der Waals surface area contributed by atoms with Crippen LogP contribution in [0.3, 0.4) is 0 Å². The number of rotatable bonds is 3. The summed E-state index contributed by atoms with van der Waals surface area (Å²) in [7, 11) is 0. The Balaban J connectivity index is 1.73. The van der Waals surface area contributed by atoms with Crippen LogP contribution in [0.1, 0.15) is 55.5 Å². The topological polar surface area (TPSA) is 3.24 Å². The fourth-order valence-electron chi connectivity index (χ4n) is 3.88. The summed E-state index contributed by atoms with van der Waals surface area (Å²) >= 11 is 6.64. The summed E-state index contributed by atoms with van der Waals surface area (Å²) in [6.07, 6.45) is 8.27. The first-order valence-corrected chi connectivity index (χ1v) is 9.16. The van der Waals surface area contributed by atoms with Crippen molar-refractivity contribution in [1.82, 2.24) is 4.90 Å². The summed E-state index contributed by atoms with van der Waals surface area (Å²) in [6.45, 7) is 4.89. The summed E-state index contributed by atoms with van der Waals surface area (Å²) in [5.41, 5.74) is 2.07. The maximum atomic E-state index is 4.70. The molecule has 1 unspecified atom stereocenters. The van der Waals surface area contributed by atoms with Crippen LogP contribution in [0, 0.1) is 5.41 Å². The molecule has 0 amide bonds. The van der Waals surface area contributed by atoms with Crippen molar-refractivity contribution in [1.29, 1.82) is 0 Å². The van der Waals surface area contributed by atoms with Crippen LogP contribution < -0.4 is 0 Å². The van der Waals surface area contributed by atoms with Crippen LogP contribution in [0.15, 0.2) is 11.4 Å². The molecule has 0 bridgehead atoms. The van der Waals surface area contributed by atoms with E-state index in [9.17, 15) is 0 Å². The van der Waals surface area contributed by atoms with E-state index in [0.717, 1.165) is 5.75 Å². The normalized spacial score (nSPS) is 27.2. The zero-order valence-electron chi connectivity index (χ0n) is 11.9. The Morgan fingerprint density at radius 1 is 1.37 bits per heavy atom. The molecule has 3 heteroatoms. The van der Waals surface area contributed by atoms with Gasteiger partial charge < -0.3 is 0 Å². The van der Waals surface area contributed by atoms with E-state index in [1.807, 2.05) is 11.3 Å². The van der Waals surface area contributed by atoms with Gasteiger partial charge in [0.15, 0.2) is 0 Å². The van der Waals surface area contributed by atoms with Crippen LogP contribution in [-0.2, 0) is 6.42 Å². The van der Waals surface area contributed by atoms with E-state index in [1.165, 1.54) is 51.6 Å². The van der Waals surface area contributed by atoms with Gasteiger partial charge in [0.1, 0.15) is 0 Å². The Hall–Kier alpha value is 0.01000. The quantitative estimate of drug-likeness (QED) is 0.801. The van der Waals surface area contributed by atoms with Gasteiger partial charge in [0.05, 0.1) is 0 Å². The fraction of sp³-hybridized carbons (Fsp3) is 0.750. The first-order chi connectivity index (χ1) is 9.24. The summed E-state index contributed by atoms with van der Waals surface area (Å²) < 4.78 is 0. The molecule has 3 rings (SSSR count). The molecule has 0 saturated heterocycles. The standard InChI is InChI=1S/C16H25NS2/c1-13-14-6-10-19-15(14)5-9-17(13)11-16(12-18)7-3-2-4-8-16/h6,10,13,18H,2-5,7-9,11-12H2,1H3. The van der Waals surface area contributed by atoms with E-state index >= 15 is 0 Å². The van der Waals surface area contributed by atoms with E-state index in [-0.39, 0.29) is 0 Å². The zero-order chi connectivity index (χ0) is 13.3. The van der Waals surface area contributed by atoms with Gasteiger partial charge >= 0.3 is 0 Å². The molecule has 106 valence electrons. The predicted molar refractivity (Wildman–Crippen MR) is 87.4 cm³/mol. The lowest BCUT2D eigenvalue weighted by molar-refractivity contribution is 0.0930. The molecular weight excluding hydrogens is 270 g/mol. The molecule has 19 heavy (non-hydrogen) atoms. The van der Waals surface area contributed by atoms with E-state index in [2.05, 4.69) is 23.3 Å². The highest BCUT2D eigenvalue weighted by molar-refractivity contribution is 7.80. The van der Waals surface area contributed by atoms with Gasteiger partial charge in [-0.25, -0.2) is 0 Å². The molecule has 0 spiro atoms. The summed E-state index contributed by atoms with van der Waals surface area (Å²) in [4.78, 5) is 4.34. The maximum Gasteiger partial charge on any atom is 0.0331 e. The van der Waals surface area contributed by atoms with Crippen LogP contribution in [-0.4, -0.2) is 23.7 Å². The second-order valence-corrected chi connectivity index (χ2v) is 7.73. The van der Waals surface area contributed by atoms with Gasteiger partial charge in [-0.1, -0.05) is 19.3 Å². The minimum absolute atomic E-state index is 0.489. The van der Waals surface area contributed by atoms with Gasteiger partial charge in [0.2, 0.25) is 0 Å². The van der Waals surface area contributed by atoms with Crippen LogP contribution >= 0.6 is 24.0 Å². The Morgan fingerprint density at radius 3 is 2.89 bits per heavy atom. The third-order valence-electron chi connectivity index (χ3n) is 5.19. The van der Waals surface area contributed by atoms with Gasteiger partial charge in [0.25, 0.3) is 0 Å². The van der Waals surface area contributed by atoms with Crippen LogP contribution in [0.25, 0.3) is 0 Å². The van der Waals surface area contributed by atoms with Gasteiger partial charge in [-0.2, -0.15) is 12.6 Å². The first kappa shape index (κ1) is 14.0. The minimum Gasteiger partial charge on any atom is -0.296 e. The lowest BCUT2D eigenvalue weighted by atomic mass is 9.74. The van der Waals surface area contributed by atoms with Crippen molar-refractivity contribution in [2.45, 2.75) is 51.5 Å². The van der Waals surface area contributed by atoms with Crippen LogP contribution in [0.5, 0.6) is 0 Å². The highest BCUT2D eigenvalue weighted by Gasteiger charge is 2.35. The van der Waals surface area contributed by atoms with Crippen molar-refractivity contribution in [3.63, 3.8) is 0 Å². The number of thiol groups is 1. The van der Waals surface area contributed by atoms with Gasteiger partial charge in [0, 0.05) is 24.0 Å². The van der Waals surface area contributed by atoms with Gasteiger partial charge in [-0.05, 0) is 54.4 Å². The monoisotopic (exact) mass is 295 g/mol. The molecule has 1 aliphatic heterocycles. The molecule has 1 aromatic heterocycles. The lowest BCUT2D eigenvalue weighted by Gasteiger charge is -2.44. The van der Waals surface area contributed by atoms with Crippen molar-refractivity contribution in [3.05, 3.63) is 21.9 Å². The second-order valence-electron chi connectivity index (χ2n) is 6.41. The molecule has 1 saturated carbocycles. The van der Waals surface area contributed by atoms with Crippen LogP contribution in [0.2, 0.25) is 0 Å². The molecule has 0 N–H and O–H groups in total. The molecular formula is C16H25NS2. The predicted octanol–water partition coefficient (Wildman–Crippen LogP) is 4.55. The van der Waals surface area contributed by atoms with E-state index in [4.69, 9.17) is 12.6 Å². The average molecular weight is 296 g/mol. The molecule has 1 aromatic rings. The molecule has 0 aromatic carbocycles. The van der Waals surface area contributed by atoms with Crippen molar-refractivity contribution in [2.24, 2.45) is 5.41 Å². The van der Waals surface area contributed by atoms with Crippen LogP contribution in [0.4, 0.5) is 0 Å². The Kier molecular flexibility index (Phi) is 4.25. The largest absolute Gasteiger partial charge is 0.296 e. The summed E-state index contributed by atoms with van der Waals surface area (Å²) in [5.74, 6) is 1.06. The molecule has 1 fully saturated rings. The smallest absolute Gasteiger partial charge is 0.0331 e. The van der Waals surface area contributed by atoms with E-state index in [0.29, 0.717) is 11.5 Å². The van der Waals surface area contributed by atoms with Crippen molar-refractivity contribution < 1.29 is 0 Å². The Bertz CT molecular complexity index is 420. The molecule has 2 aliphatic rings. The summed E-state index contributed by atoms with van der Waals surface area (Å²) in [5, 5.41) is 2.26. The molecule has 1 nitrogen and oxygen atoms in total. The highest BCUT2D eigenvalue weighted by Crippen LogP contribution is 2.41. The minimum atomic E-state index is 0.489. The first-order valence-electron chi connectivity index (χ1n) is 7.65. The molecule has 2 heterocycles. The lowest BCUT2D eigenvalue weighted by Crippen LogP contribution is -2.44. The number of nitrogens with zero attached hydrogens (tertiary/aromatic N) is 1. The van der Waals surface area contributed by atoms with Gasteiger partial charge in [-0.15, -0.1) is 11.3 Å². The van der Waals surface area contributed by atoms with Crippen molar-refractivity contribution in [2.75, 3.05) is 18.8 Å². The SMILES string of the molecule is CC1c2ccsc2CCN1CC1(CS)CCCCC1. The molecule has 1 aliphatic carbocycles. The maximum absolute atomic E-state index is 4.70. The fourth-order valence-corrected chi connectivity index (χ4v) is 5.26. The number of hydrogen-bond acceptors (Lipinski definition) is 3. The van der Waals surface area contributed by atoms with Crippen molar-refractivity contribution >= 4 is 24.0 Å². The Morgan fingerprint density at radius 2 is 2.16 bits per heavy atom. The third-order valence-corrected chi connectivity index (χ3v) is 6.86. The van der Waals surface area contributed by atoms with Crippen molar-refractivity contribution in [3.8, 4) is 0 Å². The number of fused-ring (bicyclic) bond motifs is 1. The highest BCUT2D eigenvalue weighted by atomic mass is 32.1. The molecule has 0 radical (unpaired) electrons. The van der Waals surface area contributed by atoms with E-state index in [1.54, 1.807) is 10.4 Å². The average Bonchev–Trinajstić information content (AvgIpc) is 2.92. The number of hydrogen-bond donors (Lipinski definition) is 1. The van der Waals surface area contributed by atoms with Gasteiger partial charge in [-0.3, -0.25) is 4.90 Å². The third kappa shape index (κ3) is 2.74. The molecule has 1 atom stereocenters. The number of thiophene rings is 1. The summed E-state index contributed by atoms with van der Waals surface area (Å²) in [6, 6.07) is 2.94. The van der Waals surface area contributed by atoms with E-state index < -0.39 is 0 Å².